The van der Waals surface area contributed by atoms with Crippen molar-refractivity contribution in [3.63, 3.8) is 0 Å². The Hall–Kier alpha value is -3.62. The van der Waals surface area contributed by atoms with Crippen molar-refractivity contribution in [1.29, 1.82) is 0 Å². The van der Waals surface area contributed by atoms with Gasteiger partial charge in [-0.25, -0.2) is 9.78 Å². The van der Waals surface area contributed by atoms with E-state index in [0.717, 1.165) is 37.3 Å². The number of amides is 1. The largest absolute Gasteiger partial charge is 0.412 e. The van der Waals surface area contributed by atoms with Gasteiger partial charge in [-0.3, -0.25) is 5.10 Å². The molecule has 172 valence electrons. The van der Waals surface area contributed by atoms with Crippen LogP contribution in [0.15, 0.2) is 48.7 Å². The maximum absolute atomic E-state index is 12.2. The van der Waals surface area contributed by atoms with E-state index in [0.29, 0.717) is 23.7 Å². The van der Waals surface area contributed by atoms with E-state index < -0.39 is 6.09 Å². The van der Waals surface area contributed by atoms with Crippen LogP contribution in [0.25, 0.3) is 0 Å². The third-order valence-electron chi connectivity index (χ3n) is 6.35. The minimum atomic E-state index is -0.400. The minimum Gasteiger partial charge on any atom is -0.410 e. The summed E-state index contributed by atoms with van der Waals surface area (Å²) in [6, 6.07) is 13.4. The number of ether oxygens (including phenoxy) is 1. The van der Waals surface area contributed by atoms with E-state index in [1.165, 1.54) is 18.5 Å². The van der Waals surface area contributed by atoms with Crippen LogP contribution in [0.3, 0.4) is 0 Å². The lowest BCUT2D eigenvalue weighted by atomic mass is 9.90. The summed E-state index contributed by atoms with van der Waals surface area (Å²) in [6.45, 7) is 0. The van der Waals surface area contributed by atoms with E-state index >= 15 is 0 Å². The Balaban J connectivity index is 1.12. The molecule has 2 heterocycles. The number of rotatable bonds is 7. The quantitative estimate of drug-likeness (QED) is 0.494. The highest BCUT2D eigenvalue weighted by Crippen LogP contribution is 2.39. The number of hydrogen-bond donors (Lipinski definition) is 3. The highest BCUT2D eigenvalue weighted by Gasteiger charge is 2.27. The highest BCUT2D eigenvalue weighted by atomic mass is 16.6. The number of hydrogen-bond acceptors (Lipinski definition) is 7. The van der Waals surface area contributed by atoms with Crippen LogP contribution in [0, 0.1) is 0 Å². The molecule has 0 unspecified atom stereocenters. The number of carbonyl (C=O) groups is 1. The fraction of sp³-hybridized carbons (Fsp3) is 0.417. The van der Waals surface area contributed by atoms with Gasteiger partial charge in [0.2, 0.25) is 5.95 Å². The Labute approximate surface area is 193 Å². The number of H-pyrrole nitrogens is 1. The van der Waals surface area contributed by atoms with Crippen molar-refractivity contribution in [3.05, 3.63) is 54.4 Å². The van der Waals surface area contributed by atoms with Crippen LogP contribution >= 0.6 is 0 Å². The van der Waals surface area contributed by atoms with Gasteiger partial charge in [0, 0.05) is 43.0 Å². The normalized spacial score (nSPS) is 20.2. The Morgan fingerprint density at radius 3 is 2.61 bits per heavy atom. The third-order valence-corrected chi connectivity index (χ3v) is 6.35. The van der Waals surface area contributed by atoms with E-state index in [1.54, 1.807) is 18.3 Å². The molecular formula is C24H29N7O2. The Morgan fingerprint density at radius 1 is 1.06 bits per heavy atom. The van der Waals surface area contributed by atoms with Crippen LogP contribution in [-0.2, 0) is 0 Å². The molecule has 2 aliphatic carbocycles. The molecule has 1 aromatic carbocycles. The van der Waals surface area contributed by atoms with Gasteiger partial charge in [-0.05, 0) is 56.7 Å². The van der Waals surface area contributed by atoms with E-state index in [-0.39, 0.29) is 6.04 Å². The number of aromatic amines is 1. The van der Waals surface area contributed by atoms with E-state index in [1.807, 2.05) is 31.3 Å². The smallest absolute Gasteiger partial charge is 0.410 e. The maximum atomic E-state index is 12.2. The number of nitrogens with zero attached hydrogens (tertiary/aromatic N) is 4. The molecule has 0 atom stereocenters. The van der Waals surface area contributed by atoms with Crippen molar-refractivity contribution in [2.45, 2.75) is 56.5 Å². The van der Waals surface area contributed by atoms with Gasteiger partial charge < -0.3 is 20.3 Å². The Morgan fingerprint density at radius 2 is 1.85 bits per heavy atom. The number of benzene rings is 1. The van der Waals surface area contributed by atoms with Gasteiger partial charge in [0.1, 0.15) is 11.6 Å². The SMILES string of the molecule is CN(c1nccc(Nc2cc(C3CC3)[nH]n2)n1)[C@H]1CC[C@H](NC(=O)Oc2ccccc2)CC1. The van der Waals surface area contributed by atoms with Gasteiger partial charge in [0.15, 0.2) is 5.82 Å². The molecule has 2 fully saturated rings. The van der Waals surface area contributed by atoms with Crippen molar-refractivity contribution < 1.29 is 9.53 Å². The van der Waals surface area contributed by atoms with Crippen LogP contribution in [0.1, 0.15) is 50.1 Å². The van der Waals surface area contributed by atoms with Crippen LogP contribution in [0.5, 0.6) is 5.75 Å². The van der Waals surface area contributed by atoms with E-state index in [9.17, 15) is 4.79 Å². The predicted octanol–water partition coefficient (Wildman–Crippen LogP) is 4.36. The molecule has 0 spiro atoms. The lowest BCUT2D eigenvalue weighted by molar-refractivity contribution is 0.191. The van der Waals surface area contributed by atoms with Crippen LogP contribution in [0.4, 0.5) is 22.4 Å². The minimum absolute atomic E-state index is 0.111. The zero-order chi connectivity index (χ0) is 22.6. The van der Waals surface area contributed by atoms with E-state index in [2.05, 4.69) is 41.8 Å². The zero-order valence-corrected chi connectivity index (χ0v) is 18.7. The van der Waals surface area contributed by atoms with Crippen LogP contribution < -0.4 is 20.3 Å². The maximum Gasteiger partial charge on any atom is 0.412 e. The summed E-state index contributed by atoms with van der Waals surface area (Å²) in [5, 5.41) is 13.7. The van der Waals surface area contributed by atoms with Crippen molar-refractivity contribution in [2.75, 3.05) is 17.3 Å². The summed E-state index contributed by atoms with van der Waals surface area (Å²) in [5.41, 5.74) is 1.18. The molecule has 2 aliphatic rings. The summed E-state index contributed by atoms with van der Waals surface area (Å²) >= 11 is 0. The van der Waals surface area contributed by atoms with Gasteiger partial charge in [-0.2, -0.15) is 10.1 Å². The lowest BCUT2D eigenvalue weighted by Crippen LogP contribution is -2.44. The molecule has 9 nitrogen and oxygen atoms in total. The van der Waals surface area contributed by atoms with Crippen molar-refractivity contribution >= 4 is 23.7 Å². The summed E-state index contributed by atoms with van der Waals surface area (Å²) < 4.78 is 5.35. The average molecular weight is 448 g/mol. The highest BCUT2D eigenvalue weighted by molar-refractivity contribution is 5.70. The Kier molecular flexibility index (Phi) is 6.10. The summed E-state index contributed by atoms with van der Waals surface area (Å²) in [6.07, 6.45) is 7.48. The first kappa shape index (κ1) is 21.2. The van der Waals surface area contributed by atoms with Crippen LogP contribution in [0.2, 0.25) is 0 Å². The van der Waals surface area contributed by atoms with Crippen molar-refractivity contribution in [1.82, 2.24) is 25.5 Å². The number of anilines is 3. The third kappa shape index (κ3) is 5.42. The number of aromatic nitrogens is 4. The molecule has 2 aromatic heterocycles. The molecule has 1 amide bonds. The molecule has 9 heteroatoms. The van der Waals surface area contributed by atoms with E-state index in [4.69, 9.17) is 4.74 Å². The van der Waals surface area contributed by atoms with Crippen molar-refractivity contribution in [3.8, 4) is 5.75 Å². The standard InChI is InChI=1S/C24H29N7O2/c1-31(18-11-9-17(10-12-18)26-24(32)33-19-5-3-2-4-6-19)23-25-14-13-21(28-23)27-22-15-20(29-30-22)16-7-8-16/h2-6,13-18H,7-12H2,1H3,(H,26,32)(H2,25,27,28,29,30)/t17-,18-. The first-order valence-electron chi connectivity index (χ1n) is 11.6. The summed E-state index contributed by atoms with van der Waals surface area (Å²) in [7, 11) is 2.03. The van der Waals surface area contributed by atoms with Crippen LogP contribution in [-0.4, -0.2) is 45.4 Å². The monoisotopic (exact) mass is 447 g/mol. The predicted molar refractivity (Wildman–Crippen MR) is 126 cm³/mol. The summed E-state index contributed by atoms with van der Waals surface area (Å²) in [5.74, 6) is 3.35. The van der Waals surface area contributed by atoms with Gasteiger partial charge in [0.25, 0.3) is 0 Å². The zero-order valence-electron chi connectivity index (χ0n) is 18.7. The molecule has 3 N–H and O–H groups in total. The van der Waals surface area contributed by atoms with Crippen molar-refractivity contribution in [2.24, 2.45) is 0 Å². The second kappa shape index (κ2) is 9.48. The topological polar surface area (TPSA) is 108 Å². The average Bonchev–Trinajstić information content (AvgIpc) is 3.59. The molecule has 2 saturated carbocycles. The second-order valence-corrected chi connectivity index (χ2v) is 8.81. The molecular weight excluding hydrogens is 418 g/mol. The number of carbonyl (C=O) groups excluding carboxylic acids is 1. The number of para-hydroxylation sites is 1. The number of nitrogens with one attached hydrogen (secondary N) is 3. The molecule has 33 heavy (non-hydrogen) atoms. The Bertz CT molecular complexity index is 1080. The molecule has 0 saturated heterocycles. The second-order valence-electron chi connectivity index (χ2n) is 8.81. The van der Waals surface area contributed by atoms with Gasteiger partial charge in [-0.15, -0.1) is 0 Å². The van der Waals surface area contributed by atoms with Gasteiger partial charge in [-0.1, -0.05) is 18.2 Å². The fourth-order valence-electron chi connectivity index (χ4n) is 4.29. The van der Waals surface area contributed by atoms with Gasteiger partial charge >= 0.3 is 6.09 Å². The first-order chi connectivity index (χ1) is 16.1. The molecule has 5 rings (SSSR count). The molecule has 3 aromatic rings. The molecule has 0 bridgehead atoms. The lowest BCUT2D eigenvalue weighted by Gasteiger charge is -2.34. The molecule has 0 radical (unpaired) electrons. The fourth-order valence-corrected chi connectivity index (χ4v) is 4.29. The first-order valence-corrected chi connectivity index (χ1v) is 11.6. The summed E-state index contributed by atoms with van der Waals surface area (Å²) in [4.78, 5) is 23.5. The van der Waals surface area contributed by atoms with Gasteiger partial charge in [0.05, 0.1) is 0 Å². The molecule has 0 aliphatic heterocycles.